The highest BCUT2D eigenvalue weighted by Crippen LogP contribution is 2.39. The molecule has 0 bridgehead atoms. The first kappa shape index (κ1) is 15.0. The predicted octanol–water partition coefficient (Wildman–Crippen LogP) is 2.79. The number of benzene rings is 1. The van der Waals surface area contributed by atoms with Gasteiger partial charge in [-0.05, 0) is 25.3 Å². The average molecular weight is 279 g/mol. The molecule has 0 spiro atoms. The Morgan fingerprint density at radius 2 is 1.75 bits per heavy atom. The second kappa shape index (κ2) is 6.84. The Kier molecular flexibility index (Phi) is 5.12. The number of rotatable bonds is 5. The van der Waals surface area contributed by atoms with Gasteiger partial charge in [0.05, 0.1) is 19.9 Å². The Morgan fingerprint density at radius 3 is 2.30 bits per heavy atom. The molecule has 1 heterocycles. The quantitative estimate of drug-likeness (QED) is 0.900. The summed E-state index contributed by atoms with van der Waals surface area (Å²) in [5.41, 5.74) is 2.09. The van der Waals surface area contributed by atoms with Crippen LogP contribution in [-0.4, -0.2) is 39.0 Å². The minimum absolute atomic E-state index is 0.0363. The molecule has 1 aliphatic rings. The normalized spacial score (nSPS) is 16.9. The molecule has 112 valence electrons. The van der Waals surface area contributed by atoms with Crippen molar-refractivity contribution >= 4 is 5.69 Å². The molecule has 1 saturated heterocycles. The third kappa shape index (κ3) is 3.01. The summed E-state index contributed by atoms with van der Waals surface area (Å²) in [6.45, 7) is 4.21. The van der Waals surface area contributed by atoms with E-state index in [9.17, 15) is 5.11 Å². The fourth-order valence-corrected chi connectivity index (χ4v) is 2.77. The maximum Gasteiger partial charge on any atom is 0.142 e. The molecule has 2 rings (SSSR count). The molecule has 1 aliphatic heterocycles. The standard InChI is InChI=1S/C16H25NO3/c1-12(11-18)13-9-16(20-3)14(10-15(13)19-2)17-7-5-4-6-8-17/h9-10,12,18H,4-8,11H2,1-3H3. The number of nitrogens with zero attached hydrogens (tertiary/aromatic N) is 1. The zero-order valence-electron chi connectivity index (χ0n) is 12.7. The number of aliphatic hydroxyl groups excluding tert-OH is 1. The molecule has 4 nitrogen and oxygen atoms in total. The minimum atomic E-state index is 0.0363. The molecule has 0 radical (unpaired) electrons. The Bertz CT molecular complexity index is 442. The molecule has 1 aromatic carbocycles. The summed E-state index contributed by atoms with van der Waals surface area (Å²) in [6.07, 6.45) is 3.75. The summed E-state index contributed by atoms with van der Waals surface area (Å²) in [5, 5.41) is 9.38. The lowest BCUT2D eigenvalue weighted by atomic mass is 9.99. The Morgan fingerprint density at radius 1 is 1.10 bits per heavy atom. The Hall–Kier alpha value is -1.42. The SMILES string of the molecule is COc1cc(N2CCCCC2)c(OC)cc1C(C)CO. The number of piperidine rings is 1. The van der Waals surface area contributed by atoms with Gasteiger partial charge in [0.2, 0.25) is 0 Å². The summed E-state index contributed by atoms with van der Waals surface area (Å²) < 4.78 is 11.1. The highest BCUT2D eigenvalue weighted by Gasteiger charge is 2.20. The van der Waals surface area contributed by atoms with Gasteiger partial charge in [-0.2, -0.15) is 0 Å². The fraction of sp³-hybridized carbons (Fsp3) is 0.625. The second-order valence-corrected chi connectivity index (χ2v) is 5.40. The molecular weight excluding hydrogens is 254 g/mol. The first-order valence-corrected chi connectivity index (χ1v) is 7.33. The van der Waals surface area contributed by atoms with Crippen molar-refractivity contribution in [2.24, 2.45) is 0 Å². The third-order valence-electron chi connectivity index (χ3n) is 4.03. The highest BCUT2D eigenvalue weighted by atomic mass is 16.5. The lowest BCUT2D eigenvalue weighted by Gasteiger charge is -2.31. The van der Waals surface area contributed by atoms with E-state index in [0.29, 0.717) is 0 Å². The highest BCUT2D eigenvalue weighted by molar-refractivity contribution is 5.64. The van der Waals surface area contributed by atoms with Crippen LogP contribution in [-0.2, 0) is 0 Å². The van der Waals surface area contributed by atoms with Gasteiger partial charge in [0, 0.05) is 37.2 Å². The van der Waals surface area contributed by atoms with Gasteiger partial charge < -0.3 is 19.5 Å². The van der Waals surface area contributed by atoms with Gasteiger partial charge in [0.1, 0.15) is 11.5 Å². The second-order valence-electron chi connectivity index (χ2n) is 5.40. The molecule has 1 atom stereocenters. The number of ether oxygens (including phenoxy) is 2. The molecule has 0 aromatic heterocycles. The predicted molar refractivity (Wildman–Crippen MR) is 81.1 cm³/mol. The van der Waals surface area contributed by atoms with Crippen LogP contribution in [0.4, 0.5) is 5.69 Å². The van der Waals surface area contributed by atoms with Crippen LogP contribution < -0.4 is 14.4 Å². The summed E-state index contributed by atoms with van der Waals surface area (Å²) >= 11 is 0. The molecule has 1 N–H and O–H groups in total. The lowest BCUT2D eigenvalue weighted by Crippen LogP contribution is -2.29. The van der Waals surface area contributed by atoms with E-state index >= 15 is 0 Å². The number of methoxy groups -OCH3 is 2. The monoisotopic (exact) mass is 279 g/mol. The molecule has 1 aromatic rings. The molecule has 0 aliphatic carbocycles. The number of aliphatic hydroxyl groups is 1. The summed E-state index contributed by atoms with van der Waals surface area (Å²) in [7, 11) is 3.37. The van der Waals surface area contributed by atoms with E-state index in [2.05, 4.69) is 4.90 Å². The van der Waals surface area contributed by atoms with E-state index in [0.717, 1.165) is 35.8 Å². The molecule has 0 amide bonds. The minimum Gasteiger partial charge on any atom is -0.496 e. The van der Waals surface area contributed by atoms with Gasteiger partial charge in [-0.1, -0.05) is 6.92 Å². The van der Waals surface area contributed by atoms with E-state index in [4.69, 9.17) is 9.47 Å². The zero-order chi connectivity index (χ0) is 14.5. The maximum absolute atomic E-state index is 9.38. The maximum atomic E-state index is 9.38. The van der Waals surface area contributed by atoms with Gasteiger partial charge in [0.15, 0.2) is 0 Å². The van der Waals surface area contributed by atoms with Crippen LogP contribution in [0, 0.1) is 0 Å². The van der Waals surface area contributed by atoms with Crippen LogP contribution in [0.2, 0.25) is 0 Å². The number of hydrogen-bond donors (Lipinski definition) is 1. The van der Waals surface area contributed by atoms with Gasteiger partial charge in [-0.15, -0.1) is 0 Å². The average Bonchev–Trinajstić information content (AvgIpc) is 2.53. The number of anilines is 1. The smallest absolute Gasteiger partial charge is 0.142 e. The van der Waals surface area contributed by atoms with Crippen LogP contribution in [0.5, 0.6) is 11.5 Å². The van der Waals surface area contributed by atoms with Gasteiger partial charge in [0.25, 0.3) is 0 Å². The molecular formula is C16H25NO3. The summed E-state index contributed by atoms with van der Waals surface area (Å²) in [5.74, 6) is 1.73. The van der Waals surface area contributed by atoms with Crippen LogP contribution in [0.25, 0.3) is 0 Å². The van der Waals surface area contributed by atoms with Gasteiger partial charge >= 0.3 is 0 Å². The van der Waals surface area contributed by atoms with E-state index in [1.165, 1.54) is 19.3 Å². The van der Waals surface area contributed by atoms with Crippen molar-refractivity contribution in [1.29, 1.82) is 0 Å². The van der Waals surface area contributed by atoms with Gasteiger partial charge in [-0.3, -0.25) is 0 Å². The Labute approximate surface area is 121 Å². The zero-order valence-corrected chi connectivity index (χ0v) is 12.7. The molecule has 1 fully saturated rings. The van der Waals surface area contributed by atoms with Crippen molar-refractivity contribution in [2.75, 3.05) is 38.8 Å². The van der Waals surface area contributed by atoms with Crippen molar-refractivity contribution in [3.63, 3.8) is 0 Å². The van der Waals surface area contributed by atoms with Crippen molar-refractivity contribution < 1.29 is 14.6 Å². The van der Waals surface area contributed by atoms with Crippen LogP contribution in [0.3, 0.4) is 0 Å². The largest absolute Gasteiger partial charge is 0.496 e. The topological polar surface area (TPSA) is 41.9 Å². The van der Waals surface area contributed by atoms with Gasteiger partial charge in [-0.25, -0.2) is 0 Å². The lowest BCUT2D eigenvalue weighted by molar-refractivity contribution is 0.269. The van der Waals surface area contributed by atoms with E-state index in [-0.39, 0.29) is 12.5 Å². The van der Waals surface area contributed by atoms with Crippen LogP contribution in [0.15, 0.2) is 12.1 Å². The van der Waals surface area contributed by atoms with Crippen molar-refractivity contribution in [3.8, 4) is 11.5 Å². The Balaban J connectivity index is 2.40. The summed E-state index contributed by atoms with van der Waals surface area (Å²) in [4.78, 5) is 2.36. The van der Waals surface area contributed by atoms with Crippen LogP contribution >= 0.6 is 0 Å². The fourth-order valence-electron chi connectivity index (χ4n) is 2.77. The molecule has 20 heavy (non-hydrogen) atoms. The van der Waals surface area contributed by atoms with E-state index in [1.54, 1.807) is 14.2 Å². The molecule has 0 saturated carbocycles. The molecule has 1 unspecified atom stereocenters. The van der Waals surface area contributed by atoms with Crippen molar-refractivity contribution in [3.05, 3.63) is 17.7 Å². The first-order chi connectivity index (χ1) is 9.71. The van der Waals surface area contributed by atoms with Crippen molar-refractivity contribution in [1.82, 2.24) is 0 Å². The van der Waals surface area contributed by atoms with E-state index < -0.39 is 0 Å². The first-order valence-electron chi connectivity index (χ1n) is 7.33. The third-order valence-corrected chi connectivity index (χ3v) is 4.03. The van der Waals surface area contributed by atoms with E-state index in [1.807, 2.05) is 19.1 Å². The summed E-state index contributed by atoms with van der Waals surface area (Å²) in [6, 6.07) is 4.05. The molecule has 4 heteroatoms. The van der Waals surface area contributed by atoms with Crippen LogP contribution in [0.1, 0.15) is 37.7 Å². The number of hydrogen-bond acceptors (Lipinski definition) is 4. The van der Waals surface area contributed by atoms with Crippen molar-refractivity contribution in [2.45, 2.75) is 32.1 Å².